The molecule has 2 rings (SSSR count). The molecule has 1 aromatic carbocycles. The highest BCUT2D eigenvalue weighted by Crippen LogP contribution is 2.20. The second kappa shape index (κ2) is 5.29. The van der Waals surface area contributed by atoms with Crippen molar-refractivity contribution < 1.29 is 5.11 Å². The van der Waals surface area contributed by atoms with Crippen molar-refractivity contribution in [1.82, 2.24) is 4.98 Å². The summed E-state index contributed by atoms with van der Waals surface area (Å²) < 4.78 is 0. The molecule has 1 atom stereocenters. The van der Waals surface area contributed by atoms with Crippen molar-refractivity contribution in [1.29, 1.82) is 0 Å². The molecule has 0 saturated heterocycles. The minimum absolute atomic E-state index is 0.00611. The summed E-state index contributed by atoms with van der Waals surface area (Å²) in [6, 6.07) is 9.70. The van der Waals surface area contributed by atoms with Gasteiger partial charge in [0, 0.05) is 6.20 Å². The fourth-order valence-corrected chi connectivity index (χ4v) is 1.84. The molecule has 2 aromatic rings. The van der Waals surface area contributed by atoms with Crippen molar-refractivity contribution in [3.05, 3.63) is 64.5 Å². The van der Waals surface area contributed by atoms with E-state index in [9.17, 15) is 0 Å². The average Bonchev–Trinajstić information content (AvgIpc) is 2.41. The molecule has 1 heterocycles. The zero-order valence-corrected chi connectivity index (χ0v) is 10.7. The Morgan fingerprint density at radius 1 is 1.17 bits per heavy atom. The summed E-state index contributed by atoms with van der Waals surface area (Å²) in [6.07, 6.45) is 1.66. The van der Waals surface area contributed by atoms with E-state index >= 15 is 0 Å². The summed E-state index contributed by atoms with van der Waals surface area (Å²) in [5, 5.41) is 8.98. The van der Waals surface area contributed by atoms with E-state index in [1.807, 2.05) is 18.2 Å². The number of hydrogen-bond acceptors (Lipinski definition) is 3. The Morgan fingerprint density at radius 3 is 2.50 bits per heavy atom. The maximum absolute atomic E-state index is 8.98. The maximum Gasteiger partial charge on any atom is 0.0726 e. The van der Waals surface area contributed by atoms with Crippen LogP contribution < -0.4 is 5.73 Å². The Morgan fingerprint density at radius 2 is 1.94 bits per heavy atom. The van der Waals surface area contributed by atoms with Gasteiger partial charge in [-0.2, -0.15) is 0 Å². The zero-order chi connectivity index (χ0) is 13.1. The molecule has 18 heavy (non-hydrogen) atoms. The second-order valence-corrected chi connectivity index (χ2v) is 4.57. The van der Waals surface area contributed by atoms with Gasteiger partial charge < -0.3 is 10.8 Å². The highest BCUT2D eigenvalue weighted by molar-refractivity contribution is 5.35. The summed E-state index contributed by atoms with van der Waals surface area (Å²) in [6.45, 7) is 4.17. The van der Waals surface area contributed by atoms with Gasteiger partial charge >= 0.3 is 0 Å². The number of pyridine rings is 1. The number of hydrogen-bond donors (Lipinski definition) is 2. The van der Waals surface area contributed by atoms with Crippen LogP contribution >= 0.6 is 0 Å². The van der Waals surface area contributed by atoms with Gasteiger partial charge in [0.25, 0.3) is 0 Å². The summed E-state index contributed by atoms with van der Waals surface area (Å²) in [4.78, 5) is 4.29. The molecule has 0 fully saturated rings. The third-order valence-electron chi connectivity index (χ3n) is 3.24. The third kappa shape index (κ3) is 2.58. The van der Waals surface area contributed by atoms with Crippen molar-refractivity contribution >= 4 is 0 Å². The molecular formula is C15H18N2O. The standard InChI is InChI=1S/C15H18N2O/c1-10-3-5-13(7-11(10)2)15(16)14-6-4-12(9-18)8-17-14/h3-8,15,18H,9,16H2,1-2H3. The Labute approximate surface area is 107 Å². The fourth-order valence-electron chi connectivity index (χ4n) is 1.84. The van der Waals surface area contributed by atoms with Gasteiger partial charge in [0.15, 0.2) is 0 Å². The smallest absolute Gasteiger partial charge is 0.0726 e. The molecule has 0 aliphatic carbocycles. The molecule has 0 spiro atoms. The molecule has 0 bridgehead atoms. The normalized spacial score (nSPS) is 12.4. The zero-order valence-electron chi connectivity index (χ0n) is 10.7. The molecule has 3 heteroatoms. The van der Waals surface area contributed by atoms with E-state index in [1.165, 1.54) is 11.1 Å². The second-order valence-electron chi connectivity index (χ2n) is 4.57. The Kier molecular flexibility index (Phi) is 3.75. The number of nitrogens with two attached hydrogens (primary N) is 1. The molecule has 0 saturated carbocycles. The Balaban J connectivity index is 2.28. The van der Waals surface area contributed by atoms with E-state index in [-0.39, 0.29) is 12.6 Å². The highest BCUT2D eigenvalue weighted by Gasteiger charge is 2.10. The number of aryl methyl sites for hydroxylation is 2. The lowest BCUT2D eigenvalue weighted by atomic mass is 9.99. The van der Waals surface area contributed by atoms with Gasteiger partial charge in [-0.15, -0.1) is 0 Å². The van der Waals surface area contributed by atoms with Gasteiger partial charge in [-0.25, -0.2) is 0 Å². The average molecular weight is 242 g/mol. The minimum atomic E-state index is -0.225. The Bertz CT molecular complexity index is 535. The van der Waals surface area contributed by atoms with E-state index < -0.39 is 0 Å². The predicted octanol–water partition coefficient (Wildman–Crippen LogP) is 2.24. The number of rotatable bonds is 3. The number of aliphatic hydroxyl groups excluding tert-OH is 1. The van der Waals surface area contributed by atoms with E-state index in [2.05, 4.69) is 31.0 Å². The van der Waals surface area contributed by atoms with Crippen molar-refractivity contribution in [2.45, 2.75) is 26.5 Å². The van der Waals surface area contributed by atoms with E-state index in [0.29, 0.717) is 0 Å². The predicted molar refractivity (Wildman–Crippen MR) is 72.1 cm³/mol. The van der Waals surface area contributed by atoms with Gasteiger partial charge in [-0.05, 0) is 42.2 Å². The highest BCUT2D eigenvalue weighted by atomic mass is 16.3. The summed E-state index contributed by atoms with van der Waals surface area (Å²) in [7, 11) is 0. The Hall–Kier alpha value is -1.71. The molecule has 0 aliphatic heterocycles. The fraction of sp³-hybridized carbons (Fsp3) is 0.267. The van der Waals surface area contributed by atoms with Crippen LogP contribution in [0.5, 0.6) is 0 Å². The van der Waals surface area contributed by atoms with Crippen LogP contribution in [-0.4, -0.2) is 10.1 Å². The SMILES string of the molecule is Cc1ccc(C(N)c2ccc(CO)cn2)cc1C. The van der Waals surface area contributed by atoms with Crippen LogP contribution in [0.2, 0.25) is 0 Å². The largest absolute Gasteiger partial charge is 0.392 e. The molecule has 0 radical (unpaired) electrons. The quantitative estimate of drug-likeness (QED) is 0.867. The van der Waals surface area contributed by atoms with Crippen molar-refractivity contribution in [2.24, 2.45) is 5.73 Å². The van der Waals surface area contributed by atoms with Crippen LogP contribution in [0.3, 0.4) is 0 Å². The maximum atomic E-state index is 8.98. The van der Waals surface area contributed by atoms with Gasteiger partial charge in [0.1, 0.15) is 0 Å². The first kappa shape index (κ1) is 12.7. The van der Waals surface area contributed by atoms with Gasteiger partial charge in [0.2, 0.25) is 0 Å². The molecular weight excluding hydrogens is 224 g/mol. The summed E-state index contributed by atoms with van der Waals surface area (Å²) in [5.41, 5.74) is 11.4. The van der Waals surface area contributed by atoms with Gasteiger partial charge in [-0.1, -0.05) is 24.3 Å². The van der Waals surface area contributed by atoms with E-state index in [4.69, 9.17) is 10.8 Å². The lowest BCUT2D eigenvalue weighted by molar-refractivity contribution is 0.281. The van der Waals surface area contributed by atoms with Crippen LogP contribution in [0.15, 0.2) is 36.5 Å². The lowest BCUT2D eigenvalue weighted by Gasteiger charge is -2.13. The van der Waals surface area contributed by atoms with E-state index in [1.54, 1.807) is 6.20 Å². The lowest BCUT2D eigenvalue weighted by Crippen LogP contribution is -2.13. The first-order chi connectivity index (χ1) is 8.61. The third-order valence-corrected chi connectivity index (χ3v) is 3.24. The monoisotopic (exact) mass is 242 g/mol. The van der Waals surface area contributed by atoms with Crippen LogP contribution in [0.1, 0.15) is 34.0 Å². The molecule has 3 nitrogen and oxygen atoms in total. The van der Waals surface area contributed by atoms with Crippen LogP contribution in [0.4, 0.5) is 0 Å². The van der Waals surface area contributed by atoms with Crippen molar-refractivity contribution in [3.8, 4) is 0 Å². The summed E-state index contributed by atoms with van der Waals surface area (Å²) in [5.74, 6) is 0. The summed E-state index contributed by atoms with van der Waals surface area (Å²) >= 11 is 0. The first-order valence-corrected chi connectivity index (χ1v) is 6.00. The van der Waals surface area contributed by atoms with Crippen LogP contribution in [0, 0.1) is 13.8 Å². The van der Waals surface area contributed by atoms with Crippen LogP contribution in [0.25, 0.3) is 0 Å². The molecule has 1 unspecified atom stereocenters. The molecule has 1 aromatic heterocycles. The van der Waals surface area contributed by atoms with Gasteiger partial charge in [-0.3, -0.25) is 4.98 Å². The van der Waals surface area contributed by atoms with Crippen LogP contribution in [-0.2, 0) is 6.61 Å². The van der Waals surface area contributed by atoms with Crippen molar-refractivity contribution in [3.63, 3.8) is 0 Å². The molecule has 0 amide bonds. The molecule has 3 N–H and O–H groups in total. The van der Waals surface area contributed by atoms with Gasteiger partial charge in [0.05, 0.1) is 18.3 Å². The number of nitrogens with zero attached hydrogens (tertiary/aromatic N) is 1. The number of aromatic nitrogens is 1. The minimum Gasteiger partial charge on any atom is -0.392 e. The number of aliphatic hydroxyl groups is 1. The first-order valence-electron chi connectivity index (χ1n) is 6.00. The van der Waals surface area contributed by atoms with Crippen molar-refractivity contribution in [2.75, 3.05) is 0 Å². The topological polar surface area (TPSA) is 59.1 Å². The molecule has 0 aliphatic rings. The van der Waals surface area contributed by atoms with E-state index in [0.717, 1.165) is 16.8 Å². The number of benzene rings is 1. The molecule has 94 valence electrons.